The van der Waals surface area contributed by atoms with Crippen molar-refractivity contribution >= 4 is 56.7 Å². The second-order valence-electron chi connectivity index (χ2n) is 9.61. The Labute approximate surface area is 254 Å². The van der Waals surface area contributed by atoms with Crippen molar-refractivity contribution in [2.24, 2.45) is 0 Å². The van der Waals surface area contributed by atoms with Crippen molar-refractivity contribution < 1.29 is 52.7 Å². The van der Waals surface area contributed by atoms with E-state index in [1.165, 1.54) is 30.5 Å². The van der Waals surface area contributed by atoms with Gasteiger partial charge in [-0.25, -0.2) is 4.39 Å². The van der Waals surface area contributed by atoms with Crippen molar-refractivity contribution in [3.8, 4) is 23.0 Å². The molecule has 0 aliphatic carbocycles. The number of ether oxygens (including phenoxy) is 4. The molecule has 1 amide bonds. The normalized spacial score (nSPS) is 12.2. The lowest BCUT2D eigenvalue weighted by molar-refractivity contribution is -0.141. The number of Topliss-reactive ketones (excluding diaryl/α,β-unsaturated/α-hetero) is 1. The topological polar surface area (TPSA) is 149 Å². The lowest BCUT2D eigenvalue weighted by Gasteiger charge is -2.15. The zero-order valence-electron chi connectivity index (χ0n) is 23.4. The summed E-state index contributed by atoms with van der Waals surface area (Å²) in [7, 11) is 2.83. The van der Waals surface area contributed by atoms with Gasteiger partial charge in [0.25, 0.3) is 0 Å². The van der Waals surface area contributed by atoms with E-state index in [-0.39, 0.29) is 91.5 Å². The van der Waals surface area contributed by atoms with Crippen molar-refractivity contribution in [3.05, 3.63) is 45.0 Å². The van der Waals surface area contributed by atoms with Gasteiger partial charge in [-0.3, -0.25) is 19.2 Å². The molecule has 2 N–H and O–H groups in total. The third kappa shape index (κ3) is 7.28. The number of aliphatic carboxylic acids is 2. The van der Waals surface area contributed by atoms with Crippen LogP contribution in [-0.2, 0) is 27.5 Å². The summed E-state index contributed by atoms with van der Waals surface area (Å²) in [5.41, 5.74) is 0.850. The molecule has 230 valence electrons. The Bertz CT molecular complexity index is 1570. The van der Waals surface area contributed by atoms with Gasteiger partial charge in [0.2, 0.25) is 5.91 Å². The van der Waals surface area contributed by atoms with Crippen LogP contribution in [0.4, 0.5) is 4.39 Å². The fourth-order valence-corrected chi connectivity index (χ4v) is 6.00. The maximum Gasteiger partial charge on any atom is 0.303 e. The predicted octanol–water partition coefficient (Wildman–Crippen LogP) is 5.31. The van der Waals surface area contributed by atoms with Crippen molar-refractivity contribution in [1.29, 1.82) is 0 Å². The van der Waals surface area contributed by atoms with Crippen LogP contribution in [0.1, 0.15) is 52.9 Å². The van der Waals surface area contributed by atoms with Gasteiger partial charge >= 0.3 is 11.9 Å². The van der Waals surface area contributed by atoms with Crippen LogP contribution in [0.2, 0.25) is 5.02 Å². The number of fused-ring (bicyclic) bond motifs is 2. The van der Waals surface area contributed by atoms with Gasteiger partial charge in [0.1, 0.15) is 0 Å². The molecule has 1 aliphatic heterocycles. The molecule has 0 atom stereocenters. The van der Waals surface area contributed by atoms with Gasteiger partial charge in [0.15, 0.2) is 34.6 Å². The molecule has 1 aliphatic rings. The number of hydrogen-bond acceptors (Lipinski definition) is 9. The lowest BCUT2D eigenvalue weighted by Crippen LogP contribution is -2.25. The van der Waals surface area contributed by atoms with E-state index in [1.807, 2.05) is 0 Å². The minimum Gasteiger partial charge on any atom is -0.493 e. The first kappa shape index (κ1) is 31.8. The maximum atomic E-state index is 15.4. The van der Waals surface area contributed by atoms with E-state index in [2.05, 4.69) is 0 Å². The molecule has 2 heterocycles. The Morgan fingerprint density at radius 2 is 1.53 bits per heavy atom. The molecular formula is C29H29ClFNO10S. The fourth-order valence-electron chi connectivity index (χ4n) is 4.57. The van der Waals surface area contributed by atoms with E-state index < -0.39 is 17.8 Å². The largest absolute Gasteiger partial charge is 0.493 e. The molecule has 11 nitrogen and oxygen atoms in total. The van der Waals surface area contributed by atoms with Crippen LogP contribution in [0, 0.1) is 5.82 Å². The molecule has 0 unspecified atom stereocenters. The Morgan fingerprint density at radius 1 is 0.907 bits per heavy atom. The summed E-state index contributed by atoms with van der Waals surface area (Å²) in [5, 5.41) is 18.5. The number of carbonyl (C=O) groups excluding carboxylic acids is 2. The molecule has 0 fully saturated rings. The van der Waals surface area contributed by atoms with Gasteiger partial charge in [-0.05, 0) is 17.7 Å². The van der Waals surface area contributed by atoms with Gasteiger partial charge < -0.3 is 34.1 Å². The molecule has 2 aromatic carbocycles. The Balaban J connectivity index is 1.39. The first-order valence-corrected chi connectivity index (χ1v) is 14.4. The number of hydrogen-bond donors (Lipinski definition) is 2. The predicted molar refractivity (Wildman–Crippen MR) is 154 cm³/mol. The van der Waals surface area contributed by atoms with Gasteiger partial charge in [0, 0.05) is 54.1 Å². The molecule has 0 spiro atoms. The van der Waals surface area contributed by atoms with E-state index in [9.17, 15) is 19.2 Å². The minimum atomic E-state index is -1.08. The smallest absolute Gasteiger partial charge is 0.303 e. The van der Waals surface area contributed by atoms with Crippen molar-refractivity contribution in [2.45, 2.75) is 45.2 Å². The lowest BCUT2D eigenvalue weighted by atomic mass is 10.1. The number of thiophene rings is 1. The number of amides is 1. The second-order valence-corrected chi connectivity index (χ2v) is 11.1. The average molecular weight is 638 g/mol. The molecule has 0 saturated carbocycles. The monoisotopic (exact) mass is 637 g/mol. The molecule has 1 aromatic heterocycles. The van der Waals surface area contributed by atoms with Crippen LogP contribution < -0.4 is 18.9 Å². The third-order valence-electron chi connectivity index (χ3n) is 6.74. The molecular weight excluding hydrogens is 609 g/mol. The average Bonchev–Trinajstić information content (AvgIpc) is 3.61. The van der Waals surface area contributed by atoms with Crippen LogP contribution in [0.15, 0.2) is 18.2 Å². The summed E-state index contributed by atoms with van der Waals surface area (Å²) in [6, 6.07) is 4.90. The fraction of sp³-hybridized carbons (Fsp3) is 0.379. The zero-order valence-corrected chi connectivity index (χ0v) is 24.9. The Kier molecular flexibility index (Phi) is 10.3. The van der Waals surface area contributed by atoms with E-state index >= 15 is 4.39 Å². The summed E-state index contributed by atoms with van der Waals surface area (Å²) >= 11 is 7.79. The number of methoxy groups -OCH3 is 2. The Hall–Kier alpha value is -4.10. The summed E-state index contributed by atoms with van der Waals surface area (Å²) in [6.45, 7) is 0.316. The molecule has 14 heteroatoms. The number of nitrogens with zero attached hydrogens (tertiary/aromatic N) is 1. The summed E-state index contributed by atoms with van der Waals surface area (Å²) in [6.07, 6.45) is -0.555. The van der Waals surface area contributed by atoms with Crippen LogP contribution in [0.25, 0.3) is 10.1 Å². The maximum absolute atomic E-state index is 15.4. The molecule has 0 radical (unpaired) electrons. The van der Waals surface area contributed by atoms with Crippen LogP contribution >= 0.6 is 22.9 Å². The van der Waals surface area contributed by atoms with Crippen LogP contribution in [0.5, 0.6) is 23.0 Å². The highest BCUT2D eigenvalue weighted by atomic mass is 35.5. The van der Waals surface area contributed by atoms with Gasteiger partial charge in [0.05, 0.1) is 50.2 Å². The molecule has 0 bridgehead atoms. The first-order chi connectivity index (χ1) is 20.5. The summed E-state index contributed by atoms with van der Waals surface area (Å²) < 4.78 is 38.5. The van der Waals surface area contributed by atoms with Crippen LogP contribution in [-0.4, -0.2) is 66.2 Å². The summed E-state index contributed by atoms with van der Waals surface area (Å²) in [5.74, 6) is -2.80. The number of ketones is 1. The zero-order chi connectivity index (χ0) is 31.3. The van der Waals surface area contributed by atoms with Gasteiger partial charge in [-0.2, -0.15) is 0 Å². The number of carboxylic acids is 2. The molecule has 4 rings (SSSR count). The standard InChI is InChI=1S/C29H29ClFNO10S/c1-39-19-10-15-13-32(23(34)5-7-25(37)38)14-17(15)27(31)29(19)42-9-3-8-41-28-20(40-2)12-21-16(26(28)30)11-22(43-21)18(33)4-6-24(35)36/h10-12H,3-9,13-14H2,1-2H3,(H,35,36)(H,37,38). The highest BCUT2D eigenvalue weighted by Gasteiger charge is 2.30. The van der Waals surface area contributed by atoms with Crippen molar-refractivity contribution in [1.82, 2.24) is 4.90 Å². The quantitative estimate of drug-likeness (QED) is 0.166. The highest BCUT2D eigenvalue weighted by molar-refractivity contribution is 7.21. The minimum absolute atomic E-state index is 0.000685. The van der Waals surface area contributed by atoms with Gasteiger partial charge in [-0.15, -0.1) is 11.3 Å². The number of rotatable bonds is 15. The Morgan fingerprint density at radius 3 is 2.19 bits per heavy atom. The molecule has 43 heavy (non-hydrogen) atoms. The molecule has 0 saturated heterocycles. The molecule has 3 aromatic rings. The number of carboxylic acid groups (broad SMARTS) is 2. The highest BCUT2D eigenvalue weighted by Crippen LogP contribution is 2.44. The number of halogens is 2. The van der Waals surface area contributed by atoms with E-state index in [1.54, 1.807) is 18.2 Å². The number of benzene rings is 2. The first-order valence-electron chi connectivity index (χ1n) is 13.2. The van der Waals surface area contributed by atoms with Gasteiger partial charge in [-0.1, -0.05) is 11.6 Å². The summed E-state index contributed by atoms with van der Waals surface area (Å²) in [4.78, 5) is 48.2. The van der Waals surface area contributed by atoms with Crippen LogP contribution in [0.3, 0.4) is 0 Å². The number of carbonyl (C=O) groups is 4. The van der Waals surface area contributed by atoms with Crippen molar-refractivity contribution in [3.63, 3.8) is 0 Å². The van der Waals surface area contributed by atoms with E-state index in [0.717, 1.165) is 0 Å². The van der Waals surface area contributed by atoms with E-state index in [0.29, 0.717) is 32.7 Å². The second kappa shape index (κ2) is 13.9. The SMILES string of the molecule is COc1cc2c(c(F)c1OCCCOc1c(OC)cc3sc(C(=O)CCC(=O)O)cc3c1Cl)CN(C(=O)CCC(=O)O)C2. The third-order valence-corrected chi connectivity index (χ3v) is 8.24. The van der Waals surface area contributed by atoms with Crippen molar-refractivity contribution in [2.75, 3.05) is 27.4 Å². The van der Waals surface area contributed by atoms with E-state index in [4.69, 9.17) is 40.8 Å².